The van der Waals surface area contributed by atoms with Gasteiger partial charge in [0.25, 0.3) is 0 Å². The smallest absolute Gasteiger partial charge is 0.323 e. The van der Waals surface area contributed by atoms with Crippen molar-refractivity contribution < 1.29 is 9.90 Å². The molecule has 0 unspecified atom stereocenters. The lowest BCUT2D eigenvalue weighted by Gasteiger charge is -2.16. The molecule has 0 aromatic heterocycles. The third-order valence-corrected chi connectivity index (χ3v) is 1.68. The lowest BCUT2D eigenvalue weighted by Crippen LogP contribution is -2.24. The van der Waals surface area contributed by atoms with Crippen molar-refractivity contribution in [3.8, 4) is 0 Å². The number of hydrogen-bond donors (Lipinski definition) is 2. The van der Waals surface area contributed by atoms with E-state index in [1.165, 1.54) is 0 Å². The highest BCUT2D eigenvalue weighted by atomic mass is 16.4. The van der Waals surface area contributed by atoms with Crippen molar-refractivity contribution in [2.45, 2.75) is 0 Å². The number of benzene rings is 1. The number of carbonyl (C=O) groups is 1. The summed E-state index contributed by atoms with van der Waals surface area (Å²) in [6.07, 6.45) is 0. The minimum Gasteiger partial charge on any atom is -0.480 e. The number of likely N-dealkylation sites (N-methyl/N-ethyl adjacent to an activating group) is 1. The number of nitrogens with two attached hydrogens (primary N) is 1. The minimum atomic E-state index is -0.857. The Morgan fingerprint density at radius 3 is 2.85 bits per heavy atom. The number of carboxylic acids is 1. The molecule has 0 saturated carbocycles. The first-order chi connectivity index (χ1) is 6.09. The summed E-state index contributed by atoms with van der Waals surface area (Å²) in [5.41, 5.74) is 6.99. The van der Waals surface area contributed by atoms with Gasteiger partial charge in [0.15, 0.2) is 0 Å². The van der Waals surface area contributed by atoms with Crippen LogP contribution in [0, 0.1) is 0 Å². The van der Waals surface area contributed by atoms with Crippen LogP contribution in [0.4, 0.5) is 11.4 Å². The van der Waals surface area contributed by atoms with E-state index in [1.807, 2.05) is 6.07 Å². The molecule has 0 spiro atoms. The SMILES string of the molecule is CN(CC(=O)O)c1cccc(N)c1. The molecule has 70 valence electrons. The molecule has 0 aliphatic rings. The second-order valence-electron chi connectivity index (χ2n) is 2.84. The van der Waals surface area contributed by atoms with E-state index in [1.54, 1.807) is 30.1 Å². The van der Waals surface area contributed by atoms with E-state index >= 15 is 0 Å². The topological polar surface area (TPSA) is 66.6 Å². The number of nitrogens with zero attached hydrogens (tertiary/aromatic N) is 1. The fourth-order valence-electron chi connectivity index (χ4n) is 1.06. The molecule has 0 amide bonds. The first-order valence-corrected chi connectivity index (χ1v) is 3.88. The fraction of sp³-hybridized carbons (Fsp3) is 0.222. The Morgan fingerprint density at radius 1 is 1.62 bits per heavy atom. The van der Waals surface area contributed by atoms with Gasteiger partial charge in [-0.1, -0.05) is 6.07 Å². The number of nitrogen functional groups attached to an aromatic ring is 1. The predicted molar refractivity (Wildman–Crippen MR) is 51.8 cm³/mol. The Bertz CT molecular complexity index is 312. The molecule has 0 fully saturated rings. The molecule has 0 bridgehead atoms. The molecule has 0 aliphatic carbocycles. The van der Waals surface area contributed by atoms with Crippen LogP contribution >= 0.6 is 0 Å². The van der Waals surface area contributed by atoms with Gasteiger partial charge in [0.2, 0.25) is 0 Å². The zero-order chi connectivity index (χ0) is 9.84. The zero-order valence-electron chi connectivity index (χ0n) is 7.40. The maximum atomic E-state index is 10.4. The van der Waals surface area contributed by atoms with Crippen molar-refractivity contribution in [1.29, 1.82) is 0 Å². The van der Waals surface area contributed by atoms with Crippen LogP contribution in [0.1, 0.15) is 0 Å². The van der Waals surface area contributed by atoms with Crippen LogP contribution in [-0.2, 0) is 4.79 Å². The molecule has 1 aromatic rings. The van der Waals surface area contributed by atoms with Gasteiger partial charge in [0.05, 0.1) is 0 Å². The van der Waals surface area contributed by atoms with Crippen molar-refractivity contribution in [2.24, 2.45) is 0 Å². The fourth-order valence-corrected chi connectivity index (χ4v) is 1.06. The number of hydrogen-bond acceptors (Lipinski definition) is 3. The molecule has 0 aliphatic heterocycles. The van der Waals surface area contributed by atoms with Gasteiger partial charge in [-0.25, -0.2) is 0 Å². The summed E-state index contributed by atoms with van der Waals surface area (Å²) in [4.78, 5) is 12.0. The van der Waals surface area contributed by atoms with E-state index in [2.05, 4.69) is 0 Å². The zero-order valence-corrected chi connectivity index (χ0v) is 7.40. The summed E-state index contributed by atoms with van der Waals surface area (Å²) in [6, 6.07) is 7.11. The van der Waals surface area contributed by atoms with Gasteiger partial charge in [-0.15, -0.1) is 0 Å². The number of anilines is 2. The summed E-state index contributed by atoms with van der Waals surface area (Å²) >= 11 is 0. The molecule has 1 aromatic carbocycles. The summed E-state index contributed by atoms with van der Waals surface area (Å²) in [5.74, 6) is -0.857. The van der Waals surface area contributed by atoms with Gasteiger partial charge in [0, 0.05) is 18.4 Å². The number of aliphatic carboxylic acids is 1. The number of rotatable bonds is 3. The standard InChI is InChI=1S/C9H12N2O2/c1-11(6-9(12)13)8-4-2-3-7(10)5-8/h2-5H,6,10H2,1H3,(H,12,13). The highest BCUT2D eigenvalue weighted by molar-refractivity contribution is 5.74. The molecule has 4 nitrogen and oxygen atoms in total. The van der Waals surface area contributed by atoms with Gasteiger partial charge < -0.3 is 15.7 Å². The molecular formula is C9H12N2O2. The van der Waals surface area contributed by atoms with E-state index in [0.29, 0.717) is 5.69 Å². The van der Waals surface area contributed by atoms with E-state index in [-0.39, 0.29) is 6.54 Å². The van der Waals surface area contributed by atoms with E-state index in [4.69, 9.17) is 10.8 Å². The highest BCUT2D eigenvalue weighted by Crippen LogP contribution is 2.15. The highest BCUT2D eigenvalue weighted by Gasteiger charge is 2.04. The van der Waals surface area contributed by atoms with Crippen LogP contribution in [0.2, 0.25) is 0 Å². The second-order valence-corrected chi connectivity index (χ2v) is 2.84. The lowest BCUT2D eigenvalue weighted by atomic mass is 10.2. The van der Waals surface area contributed by atoms with Crippen molar-refractivity contribution in [3.63, 3.8) is 0 Å². The maximum absolute atomic E-state index is 10.4. The van der Waals surface area contributed by atoms with Crippen LogP contribution in [-0.4, -0.2) is 24.7 Å². The average molecular weight is 180 g/mol. The van der Waals surface area contributed by atoms with E-state index in [9.17, 15) is 4.79 Å². The van der Waals surface area contributed by atoms with Crippen LogP contribution in [0.15, 0.2) is 24.3 Å². The maximum Gasteiger partial charge on any atom is 0.323 e. The number of carboxylic acid groups (broad SMARTS) is 1. The van der Waals surface area contributed by atoms with Crippen molar-refractivity contribution in [2.75, 3.05) is 24.2 Å². The Balaban J connectivity index is 2.76. The monoisotopic (exact) mass is 180 g/mol. The lowest BCUT2D eigenvalue weighted by molar-refractivity contribution is -0.135. The molecule has 13 heavy (non-hydrogen) atoms. The second kappa shape index (κ2) is 3.80. The normalized spacial score (nSPS) is 9.62. The average Bonchev–Trinajstić information content (AvgIpc) is 2.03. The first-order valence-electron chi connectivity index (χ1n) is 3.88. The van der Waals surface area contributed by atoms with Gasteiger partial charge in [0.1, 0.15) is 6.54 Å². The Morgan fingerprint density at radius 2 is 2.31 bits per heavy atom. The molecule has 1 rings (SSSR count). The van der Waals surface area contributed by atoms with Crippen LogP contribution in [0.5, 0.6) is 0 Å². The summed E-state index contributed by atoms with van der Waals surface area (Å²) in [7, 11) is 1.71. The van der Waals surface area contributed by atoms with E-state index < -0.39 is 5.97 Å². The van der Waals surface area contributed by atoms with Gasteiger partial charge in [-0.2, -0.15) is 0 Å². The molecule has 0 heterocycles. The molecule has 4 heteroatoms. The van der Waals surface area contributed by atoms with Crippen molar-refractivity contribution >= 4 is 17.3 Å². The molecule has 0 saturated heterocycles. The van der Waals surface area contributed by atoms with Gasteiger partial charge in [-0.3, -0.25) is 4.79 Å². The van der Waals surface area contributed by atoms with Gasteiger partial charge >= 0.3 is 5.97 Å². The third kappa shape index (κ3) is 2.66. The van der Waals surface area contributed by atoms with Crippen LogP contribution in [0.3, 0.4) is 0 Å². The molecule has 0 atom stereocenters. The van der Waals surface area contributed by atoms with Crippen LogP contribution < -0.4 is 10.6 Å². The summed E-state index contributed by atoms with van der Waals surface area (Å²) < 4.78 is 0. The molecule has 0 radical (unpaired) electrons. The Kier molecular flexibility index (Phi) is 2.74. The minimum absolute atomic E-state index is 0.0244. The summed E-state index contributed by atoms with van der Waals surface area (Å²) in [5, 5.41) is 8.54. The first kappa shape index (κ1) is 9.38. The molecular weight excluding hydrogens is 168 g/mol. The van der Waals surface area contributed by atoms with Gasteiger partial charge in [-0.05, 0) is 18.2 Å². The summed E-state index contributed by atoms with van der Waals surface area (Å²) in [6.45, 7) is -0.0244. The quantitative estimate of drug-likeness (QED) is 0.675. The largest absolute Gasteiger partial charge is 0.480 e. The molecule has 3 N–H and O–H groups in total. The Labute approximate surface area is 76.6 Å². The Hall–Kier alpha value is -1.71. The van der Waals surface area contributed by atoms with Crippen molar-refractivity contribution in [3.05, 3.63) is 24.3 Å². The van der Waals surface area contributed by atoms with Crippen molar-refractivity contribution in [1.82, 2.24) is 0 Å². The van der Waals surface area contributed by atoms with E-state index in [0.717, 1.165) is 5.69 Å². The van der Waals surface area contributed by atoms with Crippen LogP contribution in [0.25, 0.3) is 0 Å². The third-order valence-electron chi connectivity index (χ3n) is 1.68. The predicted octanol–water partition coefficient (Wildman–Crippen LogP) is 0.790.